The number of ether oxygens (including phenoxy) is 1. The molecule has 0 saturated carbocycles. The van der Waals surface area contributed by atoms with Gasteiger partial charge in [-0.1, -0.05) is 78.4 Å². The topological polar surface area (TPSA) is 29.5 Å². The maximum atomic E-state index is 13.7. The number of methoxy groups -OCH3 is 1. The number of hydrogen-bond donors (Lipinski definition) is 0. The minimum absolute atomic E-state index is 0.0790. The summed E-state index contributed by atoms with van der Waals surface area (Å²) < 4.78 is 5.26. The number of halogens is 1. The Balaban J connectivity index is 1.47. The van der Waals surface area contributed by atoms with Gasteiger partial charge in [0.05, 0.1) is 13.0 Å². The lowest BCUT2D eigenvalue weighted by Crippen LogP contribution is -2.33. The van der Waals surface area contributed by atoms with Gasteiger partial charge in [0.2, 0.25) is 5.91 Å². The van der Waals surface area contributed by atoms with Crippen LogP contribution in [0, 0.1) is 11.8 Å². The van der Waals surface area contributed by atoms with Crippen LogP contribution in [0.5, 0.6) is 5.75 Å². The fraction of sp³-hybridized carbons (Fsp3) is 0.250. The third-order valence-corrected chi connectivity index (χ3v) is 7.05. The van der Waals surface area contributed by atoms with Crippen molar-refractivity contribution in [3.63, 3.8) is 0 Å². The molecule has 3 aromatic carbocycles. The summed E-state index contributed by atoms with van der Waals surface area (Å²) >= 11 is 6.18. The monoisotopic (exact) mass is 443 g/mol. The first kappa shape index (κ1) is 20.8. The van der Waals surface area contributed by atoms with Crippen LogP contribution in [0.25, 0.3) is 0 Å². The van der Waals surface area contributed by atoms with Crippen LogP contribution in [0.2, 0.25) is 5.02 Å². The molecule has 3 aromatic rings. The molecule has 1 aliphatic heterocycles. The first-order valence-corrected chi connectivity index (χ1v) is 11.4. The summed E-state index contributed by atoms with van der Waals surface area (Å²) in [6.07, 6.45) is 4.57. The Morgan fingerprint density at radius 3 is 2.28 bits per heavy atom. The minimum atomic E-state index is -0.0790. The van der Waals surface area contributed by atoms with E-state index in [1.54, 1.807) is 7.11 Å². The lowest BCUT2D eigenvalue weighted by Gasteiger charge is -2.35. The summed E-state index contributed by atoms with van der Waals surface area (Å²) in [7, 11) is 1.66. The van der Waals surface area contributed by atoms with Crippen molar-refractivity contribution in [3.05, 3.63) is 113 Å². The third-order valence-electron chi connectivity index (χ3n) is 6.80. The third kappa shape index (κ3) is 3.93. The van der Waals surface area contributed by atoms with E-state index in [1.807, 2.05) is 47.4 Å². The van der Waals surface area contributed by atoms with E-state index in [2.05, 4.69) is 48.6 Å². The number of carbonyl (C=O) groups is 1. The van der Waals surface area contributed by atoms with Crippen molar-refractivity contribution < 1.29 is 9.53 Å². The Bertz CT molecular complexity index is 1110. The highest BCUT2D eigenvalue weighted by Crippen LogP contribution is 2.50. The van der Waals surface area contributed by atoms with E-state index >= 15 is 0 Å². The molecule has 0 unspecified atom stereocenters. The molecular weight excluding hydrogens is 418 g/mol. The van der Waals surface area contributed by atoms with Gasteiger partial charge in [-0.05, 0) is 41.0 Å². The second-order valence-corrected chi connectivity index (χ2v) is 9.09. The molecule has 0 aromatic heterocycles. The Hall–Kier alpha value is -3.04. The zero-order valence-corrected chi connectivity index (χ0v) is 18.8. The number of fused-ring (bicyclic) bond motifs is 1. The number of allylic oxidation sites excluding steroid dienone is 1. The predicted octanol–water partition coefficient (Wildman–Crippen LogP) is 6.06. The van der Waals surface area contributed by atoms with Gasteiger partial charge < -0.3 is 9.64 Å². The molecule has 1 heterocycles. The Morgan fingerprint density at radius 2 is 1.59 bits per heavy atom. The summed E-state index contributed by atoms with van der Waals surface area (Å²) in [5.74, 6) is 1.43. The average molecular weight is 444 g/mol. The van der Waals surface area contributed by atoms with Gasteiger partial charge in [0.25, 0.3) is 0 Å². The van der Waals surface area contributed by atoms with Gasteiger partial charge >= 0.3 is 0 Å². The highest BCUT2D eigenvalue weighted by atomic mass is 35.5. The highest BCUT2D eigenvalue weighted by Gasteiger charge is 2.48. The molecule has 162 valence electrons. The van der Waals surface area contributed by atoms with Gasteiger partial charge in [-0.15, -0.1) is 0 Å². The van der Waals surface area contributed by atoms with Crippen LogP contribution in [-0.4, -0.2) is 24.5 Å². The second-order valence-electron chi connectivity index (χ2n) is 8.66. The van der Waals surface area contributed by atoms with Crippen LogP contribution in [0.3, 0.4) is 0 Å². The lowest BCUT2D eigenvalue weighted by atomic mass is 9.66. The van der Waals surface area contributed by atoms with Crippen molar-refractivity contribution in [2.24, 2.45) is 11.8 Å². The molecule has 1 saturated heterocycles. The normalized spacial score (nSPS) is 24.4. The molecule has 0 spiro atoms. The maximum absolute atomic E-state index is 13.7. The quantitative estimate of drug-likeness (QED) is 0.448. The van der Waals surface area contributed by atoms with Crippen molar-refractivity contribution in [2.75, 3.05) is 13.7 Å². The van der Waals surface area contributed by atoms with Crippen LogP contribution >= 0.6 is 11.6 Å². The highest BCUT2D eigenvalue weighted by molar-refractivity contribution is 6.30. The van der Waals surface area contributed by atoms with Crippen molar-refractivity contribution in [2.45, 2.75) is 18.4 Å². The molecule has 4 atom stereocenters. The van der Waals surface area contributed by atoms with Crippen molar-refractivity contribution in [1.82, 2.24) is 4.90 Å². The van der Waals surface area contributed by atoms with Crippen LogP contribution in [-0.2, 0) is 11.3 Å². The number of likely N-dealkylation sites (tertiary alicyclic amines) is 1. The fourth-order valence-corrected chi connectivity index (χ4v) is 5.37. The van der Waals surface area contributed by atoms with Crippen LogP contribution in [0.15, 0.2) is 91.0 Å². The Labute approximate surface area is 194 Å². The number of benzene rings is 3. The van der Waals surface area contributed by atoms with Gasteiger partial charge in [-0.2, -0.15) is 0 Å². The van der Waals surface area contributed by atoms with Gasteiger partial charge in [0.1, 0.15) is 5.75 Å². The SMILES string of the molecule is COc1ccc(CN2C[C@H]3C=C[C@@H](c4ccccc4)[C@@H](c4ccc(Cl)cc4)[C@@H]3C2=O)cc1. The standard InChI is InChI=1S/C28H26ClNO2/c1-32-24-14-7-19(8-15-24)17-30-18-22-11-16-25(20-5-3-2-4-6-20)26(27(22)28(30)31)21-9-12-23(29)13-10-21/h2-16,22,25-27H,17-18H2,1H3/t22-,25+,26-,27-/m1/s1. The maximum Gasteiger partial charge on any atom is 0.227 e. The summed E-state index contributed by atoms with van der Waals surface area (Å²) in [4.78, 5) is 15.7. The molecule has 0 radical (unpaired) electrons. The summed E-state index contributed by atoms with van der Waals surface area (Å²) in [6.45, 7) is 1.37. The molecule has 4 heteroatoms. The number of hydrogen-bond acceptors (Lipinski definition) is 2. The van der Waals surface area contributed by atoms with E-state index in [0.717, 1.165) is 17.9 Å². The minimum Gasteiger partial charge on any atom is -0.497 e. The molecule has 1 amide bonds. The van der Waals surface area contributed by atoms with Crippen molar-refractivity contribution in [1.29, 1.82) is 0 Å². The largest absolute Gasteiger partial charge is 0.497 e. The molecule has 2 aliphatic rings. The first-order chi connectivity index (χ1) is 15.6. The van der Waals surface area contributed by atoms with Crippen LogP contribution in [0.1, 0.15) is 28.5 Å². The number of amides is 1. The van der Waals surface area contributed by atoms with E-state index in [0.29, 0.717) is 11.6 Å². The van der Waals surface area contributed by atoms with Gasteiger partial charge in [-0.3, -0.25) is 4.79 Å². The zero-order chi connectivity index (χ0) is 22.1. The second kappa shape index (κ2) is 8.84. The molecular formula is C28H26ClNO2. The molecule has 3 nitrogen and oxygen atoms in total. The van der Waals surface area contributed by atoms with E-state index in [9.17, 15) is 4.79 Å². The predicted molar refractivity (Wildman–Crippen MR) is 128 cm³/mol. The van der Waals surface area contributed by atoms with Gasteiger partial charge in [0, 0.05) is 35.9 Å². The van der Waals surface area contributed by atoms with E-state index < -0.39 is 0 Å². The summed E-state index contributed by atoms with van der Waals surface area (Å²) in [5, 5.41) is 0.715. The first-order valence-electron chi connectivity index (χ1n) is 11.0. The smallest absolute Gasteiger partial charge is 0.227 e. The van der Waals surface area contributed by atoms with E-state index in [-0.39, 0.29) is 29.6 Å². The van der Waals surface area contributed by atoms with Crippen molar-refractivity contribution >= 4 is 17.5 Å². The van der Waals surface area contributed by atoms with Gasteiger partial charge in [0.15, 0.2) is 0 Å². The number of rotatable bonds is 5. The summed E-state index contributed by atoms with van der Waals surface area (Å²) in [5.41, 5.74) is 3.52. The zero-order valence-electron chi connectivity index (χ0n) is 18.0. The van der Waals surface area contributed by atoms with Crippen molar-refractivity contribution in [3.8, 4) is 5.75 Å². The molecule has 1 fully saturated rings. The molecule has 5 rings (SSSR count). The Kier molecular flexibility index (Phi) is 5.75. The van der Waals surface area contributed by atoms with E-state index in [4.69, 9.17) is 16.3 Å². The number of nitrogens with zero attached hydrogens (tertiary/aromatic N) is 1. The number of carbonyl (C=O) groups excluding carboxylic acids is 1. The average Bonchev–Trinajstić information content (AvgIpc) is 3.15. The molecule has 1 aliphatic carbocycles. The molecule has 0 N–H and O–H groups in total. The summed E-state index contributed by atoms with van der Waals surface area (Å²) in [6, 6.07) is 26.5. The molecule has 32 heavy (non-hydrogen) atoms. The fourth-order valence-electron chi connectivity index (χ4n) is 5.25. The Morgan fingerprint density at radius 1 is 0.875 bits per heavy atom. The van der Waals surface area contributed by atoms with Crippen LogP contribution < -0.4 is 4.74 Å². The lowest BCUT2D eigenvalue weighted by molar-refractivity contribution is -0.132. The van der Waals surface area contributed by atoms with E-state index in [1.165, 1.54) is 11.1 Å². The molecule has 0 bridgehead atoms. The van der Waals surface area contributed by atoms with Gasteiger partial charge in [-0.25, -0.2) is 0 Å². The van der Waals surface area contributed by atoms with Crippen LogP contribution in [0.4, 0.5) is 0 Å².